The summed E-state index contributed by atoms with van der Waals surface area (Å²) in [6.45, 7) is 2.96. The summed E-state index contributed by atoms with van der Waals surface area (Å²) < 4.78 is 10.8. The van der Waals surface area contributed by atoms with Crippen molar-refractivity contribution in [2.45, 2.75) is 0 Å². The summed E-state index contributed by atoms with van der Waals surface area (Å²) in [5.74, 6) is -0.273. The van der Waals surface area contributed by atoms with E-state index in [-0.39, 0.29) is 12.5 Å². The highest BCUT2D eigenvalue weighted by Gasteiger charge is 2.12. The van der Waals surface area contributed by atoms with Gasteiger partial charge in [-0.25, -0.2) is 0 Å². The summed E-state index contributed by atoms with van der Waals surface area (Å²) in [5.41, 5.74) is 7.34. The maximum atomic E-state index is 12.1. The summed E-state index contributed by atoms with van der Waals surface area (Å²) in [6.07, 6.45) is 0. The molecule has 0 aromatic heterocycles. The van der Waals surface area contributed by atoms with Crippen molar-refractivity contribution >= 4 is 23.2 Å². The number of rotatable bonds is 6. The molecule has 26 heavy (non-hydrogen) atoms. The zero-order valence-electron chi connectivity index (χ0n) is 14.3. The molecular weight excluding hydrogens is 334 g/mol. The summed E-state index contributed by atoms with van der Waals surface area (Å²) in [5, 5.41) is 2.83. The third-order valence-corrected chi connectivity index (χ3v) is 4.01. The first-order valence-electron chi connectivity index (χ1n) is 8.37. The number of benzene rings is 2. The Labute approximate surface area is 151 Å². The van der Waals surface area contributed by atoms with E-state index in [9.17, 15) is 9.59 Å². The molecule has 0 bridgehead atoms. The molecule has 2 aromatic carbocycles. The van der Waals surface area contributed by atoms with E-state index in [0.717, 1.165) is 18.8 Å². The number of nitrogens with zero attached hydrogens (tertiary/aromatic N) is 1. The van der Waals surface area contributed by atoms with Gasteiger partial charge in [0.1, 0.15) is 5.75 Å². The summed E-state index contributed by atoms with van der Waals surface area (Å²) in [4.78, 5) is 25.4. The summed E-state index contributed by atoms with van der Waals surface area (Å²) >= 11 is 0. The topological polar surface area (TPSA) is 93.9 Å². The number of ether oxygens (including phenoxy) is 2. The molecule has 7 nitrogen and oxygen atoms in total. The lowest BCUT2D eigenvalue weighted by Gasteiger charge is -2.29. The average molecular weight is 355 g/mol. The van der Waals surface area contributed by atoms with Crippen molar-refractivity contribution in [3.8, 4) is 5.75 Å². The molecule has 1 aliphatic heterocycles. The molecule has 1 saturated heterocycles. The molecule has 7 heteroatoms. The van der Waals surface area contributed by atoms with E-state index in [1.165, 1.54) is 0 Å². The predicted molar refractivity (Wildman–Crippen MR) is 98.6 cm³/mol. The lowest BCUT2D eigenvalue weighted by Crippen LogP contribution is -2.36. The van der Waals surface area contributed by atoms with Gasteiger partial charge in [0.15, 0.2) is 6.61 Å². The van der Waals surface area contributed by atoms with Crippen LogP contribution in [-0.4, -0.2) is 44.7 Å². The number of hydrogen-bond donors (Lipinski definition) is 2. The predicted octanol–water partition coefficient (Wildman–Crippen LogP) is 1.64. The number of morpholine rings is 1. The van der Waals surface area contributed by atoms with Crippen molar-refractivity contribution in [3.05, 3.63) is 54.1 Å². The van der Waals surface area contributed by atoms with Gasteiger partial charge >= 0.3 is 0 Å². The van der Waals surface area contributed by atoms with Crippen LogP contribution in [0.1, 0.15) is 10.4 Å². The van der Waals surface area contributed by atoms with Crippen LogP contribution >= 0.6 is 0 Å². The van der Waals surface area contributed by atoms with Crippen LogP contribution in [0.5, 0.6) is 5.75 Å². The standard InChI is InChI=1S/C19H21N3O4/c20-19(24)14-4-6-17(7-5-14)26-13-18(23)21-15-2-1-3-16(12-15)22-8-10-25-11-9-22/h1-7,12H,8-11,13H2,(H2,20,24)(H,21,23). The first kappa shape index (κ1) is 17.8. The second kappa shape index (κ2) is 8.35. The molecule has 0 saturated carbocycles. The van der Waals surface area contributed by atoms with E-state index < -0.39 is 5.91 Å². The number of carbonyl (C=O) groups is 2. The molecule has 2 aromatic rings. The molecule has 1 fully saturated rings. The van der Waals surface area contributed by atoms with E-state index in [2.05, 4.69) is 10.2 Å². The SMILES string of the molecule is NC(=O)c1ccc(OCC(=O)Nc2cccc(N3CCOCC3)c2)cc1. The highest BCUT2D eigenvalue weighted by atomic mass is 16.5. The Morgan fingerprint density at radius 2 is 1.85 bits per heavy atom. The molecule has 2 amide bonds. The van der Waals surface area contributed by atoms with Gasteiger partial charge in [0.2, 0.25) is 5.91 Å². The lowest BCUT2D eigenvalue weighted by atomic mass is 10.2. The van der Waals surface area contributed by atoms with E-state index >= 15 is 0 Å². The maximum absolute atomic E-state index is 12.1. The monoisotopic (exact) mass is 355 g/mol. The third-order valence-electron chi connectivity index (χ3n) is 4.01. The third kappa shape index (κ3) is 4.73. The van der Waals surface area contributed by atoms with Gasteiger partial charge in [-0.15, -0.1) is 0 Å². The molecule has 1 heterocycles. The Bertz CT molecular complexity index is 771. The van der Waals surface area contributed by atoms with Crippen LogP contribution in [-0.2, 0) is 9.53 Å². The fraction of sp³-hybridized carbons (Fsp3) is 0.263. The summed E-state index contributed by atoms with van der Waals surface area (Å²) in [7, 11) is 0. The Morgan fingerprint density at radius 3 is 2.54 bits per heavy atom. The zero-order valence-corrected chi connectivity index (χ0v) is 14.3. The Balaban J connectivity index is 1.53. The number of amides is 2. The maximum Gasteiger partial charge on any atom is 0.262 e. The lowest BCUT2D eigenvalue weighted by molar-refractivity contribution is -0.118. The van der Waals surface area contributed by atoms with Gasteiger partial charge in [-0.3, -0.25) is 9.59 Å². The largest absolute Gasteiger partial charge is 0.484 e. The molecule has 0 atom stereocenters. The van der Waals surface area contributed by atoms with Gasteiger partial charge in [0.25, 0.3) is 5.91 Å². The Kier molecular flexibility index (Phi) is 5.70. The molecule has 3 rings (SSSR count). The second-order valence-corrected chi connectivity index (χ2v) is 5.88. The first-order valence-corrected chi connectivity index (χ1v) is 8.37. The van der Waals surface area contributed by atoms with Crippen molar-refractivity contribution in [2.75, 3.05) is 43.1 Å². The van der Waals surface area contributed by atoms with Crippen LogP contribution in [0.3, 0.4) is 0 Å². The van der Waals surface area contributed by atoms with Crippen LogP contribution in [0.2, 0.25) is 0 Å². The molecule has 0 spiro atoms. The highest BCUT2D eigenvalue weighted by molar-refractivity contribution is 5.93. The highest BCUT2D eigenvalue weighted by Crippen LogP contribution is 2.20. The van der Waals surface area contributed by atoms with Gasteiger partial charge in [-0.05, 0) is 42.5 Å². The number of primary amides is 1. The Hall–Kier alpha value is -3.06. The van der Waals surface area contributed by atoms with Gasteiger partial charge in [0.05, 0.1) is 13.2 Å². The molecular formula is C19H21N3O4. The zero-order chi connectivity index (χ0) is 18.4. The smallest absolute Gasteiger partial charge is 0.262 e. The fourth-order valence-corrected chi connectivity index (χ4v) is 2.66. The van der Waals surface area contributed by atoms with Gasteiger partial charge in [-0.1, -0.05) is 6.07 Å². The average Bonchev–Trinajstić information content (AvgIpc) is 2.67. The first-order chi connectivity index (χ1) is 12.6. The normalized spacial score (nSPS) is 13.9. The van der Waals surface area contributed by atoms with Crippen molar-refractivity contribution < 1.29 is 19.1 Å². The van der Waals surface area contributed by atoms with Crippen LogP contribution in [0.25, 0.3) is 0 Å². The fourth-order valence-electron chi connectivity index (χ4n) is 2.66. The molecule has 0 unspecified atom stereocenters. The van der Waals surface area contributed by atoms with E-state index in [4.69, 9.17) is 15.2 Å². The number of nitrogens with two attached hydrogens (primary N) is 1. The minimum absolute atomic E-state index is 0.127. The summed E-state index contributed by atoms with van der Waals surface area (Å²) in [6, 6.07) is 14.0. The van der Waals surface area contributed by atoms with Crippen molar-refractivity contribution in [2.24, 2.45) is 5.73 Å². The minimum atomic E-state index is -0.505. The minimum Gasteiger partial charge on any atom is -0.484 e. The number of anilines is 2. The Morgan fingerprint density at radius 1 is 1.12 bits per heavy atom. The van der Waals surface area contributed by atoms with Gasteiger partial charge < -0.3 is 25.4 Å². The number of nitrogens with one attached hydrogen (secondary N) is 1. The van der Waals surface area contributed by atoms with E-state index in [1.54, 1.807) is 24.3 Å². The van der Waals surface area contributed by atoms with Crippen molar-refractivity contribution in [3.63, 3.8) is 0 Å². The number of carbonyl (C=O) groups excluding carboxylic acids is 2. The van der Waals surface area contributed by atoms with Crippen LogP contribution in [0.4, 0.5) is 11.4 Å². The van der Waals surface area contributed by atoms with Crippen LogP contribution < -0.4 is 20.7 Å². The molecule has 136 valence electrons. The van der Waals surface area contributed by atoms with Crippen LogP contribution in [0.15, 0.2) is 48.5 Å². The van der Waals surface area contributed by atoms with Gasteiger partial charge in [0, 0.05) is 30.0 Å². The van der Waals surface area contributed by atoms with E-state index in [0.29, 0.717) is 30.2 Å². The quantitative estimate of drug-likeness (QED) is 0.822. The molecule has 0 radical (unpaired) electrons. The number of hydrogen-bond acceptors (Lipinski definition) is 5. The van der Waals surface area contributed by atoms with Crippen LogP contribution in [0, 0.1) is 0 Å². The van der Waals surface area contributed by atoms with Crippen molar-refractivity contribution in [1.82, 2.24) is 0 Å². The second-order valence-electron chi connectivity index (χ2n) is 5.88. The van der Waals surface area contributed by atoms with Crippen molar-refractivity contribution in [1.29, 1.82) is 0 Å². The van der Waals surface area contributed by atoms with E-state index in [1.807, 2.05) is 24.3 Å². The molecule has 0 aliphatic carbocycles. The van der Waals surface area contributed by atoms with Gasteiger partial charge in [-0.2, -0.15) is 0 Å². The molecule has 1 aliphatic rings. The molecule has 3 N–H and O–H groups in total.